The van der Waals surface area contributed by atoms with Gasteiger partial charge < -0.3 is 9.80 Å². The van der Waals surface area contributed by atoms with E-state index in [0.29, 0.717) is 5.69 Å². The first-order chi connectivity index (χ1) is 11.6. The van der Waals surface area contributed by atoms with Gasteiger partial charge in [-0.3, -0.25) is 9.20 Å². The second-order valence-corrected chi connectivity index (χ2v) is 7.22. The van der Waals surface area contributed by atoms with Crippen molar-refractivity contribution in [2.24, 2.45) is 0 Å². The Morgan fingerprint density at radius 2 is 2.12 bits per heavy atom. The maximum Gasteiger partial charge on any atom is 0.271 e. The maximum atomic E-state index is 12.9. The molecule has 1 saturated heterocycles. The number of hydrogen-bond acceptors (Lipinski definition) is 4. The Balaban J connectivity index is 1.64. The highest BCUT2D eigenvalue weighted by Crippen LogP contribution is 2.25. The van der Waals surface area contributed by atoms with Crippen molar-refractivity contribution in [2.75, 3.05) is 27.2 Å². The average Bonchev–Trinajstić information content (AvgIpc) is 3.29. The lowest BCUT2D eigenvalue weighted by Gasteiger charge is -2.24. The van der Waals surface area contributed by atoms with E-state index >= 15 is 0 Å². The molecule has 24 heavy (non-hydrogen) atoms. The fraction of sp³-hybridized carbons (Fsp3) is 0.333. The first-order valence-electron chi connectivity index (χ1n) is 8.11. The van der Waals surface area contributed by atoms with Gasteiger partial charge in [-0.2, -0.15) is 0 Å². The van der Waals surface area contributed by atoms with Crippen molar-refractivity contribution in [3.8, 4) is 11.3 Å². The number of carbonyl (C=O) groups is 1. The fourth-order valence-corrected chi connectivity index (χ4v) is 4.11. The topological polar surface area (TPSA) is 40.8 Å². The molecule has 1 aromatic carbocycles. The Morgan fingerprint density at radius 3 is 2.83 bits per heavy atom. The summed E-state index contributed by atoms with van der Waals surface area (Å²) in [5.41, 5.74) is 2.67. The number of thiazole rings is 1. The molecule has 1 amide bonds. The molecule has 1 aliphatic heterocycles. The van der Waals surface area contributed by atoms with Crippen LogP contribution in [0.5, 0.6) is 0 Å². The van der Waals surface area contributed by atoms with E-state index < -0.39 is 0 Å². The number of nitrogens with zero attached hydrogens (tertiary/aromatic N) is 4. The van der Waals surface area contributed by atoms with Gasteiger partial charge in [0.15, 0.2) is 4.96 Å². The van der Waals surface area contributed by atoms with Crippen LogP contribution in [0.3, 0.4) is 0 Å². The third kappa shape index (κ3) is 2.61. The van der Waals surface area contributed by atoms with E-state index in [1.165, 1.54) is 11.3 Å². The van der Waals surface area contributed by atoms with Crippen LogP contribution >= 0.6 is 11.3 Å². The third-order valence-electron chi connectivity index (χ3n) is 4.73. The predicted molar refractivity (Wildman–Crippen MR) is 96.5 cm³/mol. The number of likely N-dealkylation sites (N-methyl/N-ethyl adjacent to an activating group) is 2. The van der Waals surface area contributed by atoms with Gasteiger partial charge in [0.25, 0.3) is 5.91 Å². The largest absolute Gasteiger partial charge is 0.336 e. The molecule has 6 heteroatoms. The van der Waals surface area contributed by atoms with Gasteiger partial charge >= 0.3 is 0 Å². The highest BCUT2D eigenvalue weighted by Gasteiger charge is 2.28. The molecule has 1 atom stereocenters. The average molecular weight is 340 g/mol. The number of fused-ring (bicyclic) bond motifs is 1. The number of imidazole rings is 1. The summed E-state index contributed by atoms with van der Waals surface area (Å²) in [6.45, 7) is 1.99. The minimum absolute atomic E-state index is 0.0681. The molecule has 3 aromatic rings. The second-order valence-electron chi connectivity index (χ2n) is 6.39. The van der Waals surface area contributed by atoms with Crippen molar-refractivity contribution in [1.29, 1.82) is 0 Å². The Hall–Kier alpha value is -2.18. The zero-order chi connectivity index (χ0) is 16.7. The second kappa shape index (κ2) is 6.03. The molecular formula is C18H20N4OS. The normalized spacial score (nSPS) is 18.3. The van der Waals surface area contributed by atoms with Crippen LogP contribution in [-0.2, 0) is 0 Å². The SMILES string of the molecule is CN1CCC(N(C)C(=O)c2csc3nc(-c4ccccc4)cn23)C1. The van der Waals surface area contributed by atoms with E-state index in [0.717, 1.165) is 35.7 Å². The Bertz CT molecular complexity index is 870. The number of likely N-dealkylation sites (tertiary alicyclic amines) is 1. The van der Waals surface area contributed by atoms with Crippen molar-refractivity contribution in [3.05, 3.63) is 47.6 Å². The molecule has 0 aliphatic carbocycles. The summed E-state index contributed by atoms with van der Waals surface area (Å²) < 4.78 is 1.92. The van der Waals surface area contributed by atoms with Crippen LogP contribution in [0.25, 0.3) is 16.2 Å². The third-order valence-corrected chi connectivity index (χ3v) is 5.57. The van der Waals surface area contributed by atoms with Crippen molar-refractivity contribution >= 4 is 22.2 Å². The Labute approximate surface area is 145 Å². The zero-order valence-corrected chi connectivity index (χ0v) is 14.7. The number of rotatable bonds is 3. The molecule has 1 unspecified atom stereocenters. The monoisotopic (exact) mass is 340 g/mol. The molecular weight excluding hydrogens is 320 g/mol. The van der Waals surface area contributed by atoms with Crippen molar-refractivity contribution in [2.45, 2.75) is 12.5 Å². The van der Waals surface area contributed by atoms with E-state index in [2.05, 4.69) is 16.9 Å². The number of benzene rings is 1. The lowest BCUT2D eigenvalue weighted by Crippen LogP contribution is -2.39. The van der Waals surface area contributed by atoms with Gasteiger partial charge in [-0.15, -0.1) is 11.3 Å². The first kappa shape index (κ1) is 15.4. The minimum Gasteiger partial charge on any atom is -0.336 e. The smallest absolute Gasteiger partial charge is 0.271 e. The molecule has 0 N–H and O–H groups in total. The molecule has 0 spiro atoms. The molecule has 0 radical (unpaired) electrons. The van der Waals surface area contributed by atoms with E-state index in [-0.39, 0.29) is 11.9 Å². The van der Waals surface area contributed by atoms with Crippen molar-refractivity contribution < 1.29 is 4.79 Å². The van der Waals surface area contributed by atoms with Gasteiger partial charge in [-0.1, -0.05) is 30.3 Å². The summed E-state index contributed by atoms with van der Waals surface area (Å²) in [6, 6.07) is 10.3. The van der Waals surface area contributed by atoms with Gasteiger partial charge in [0.05, 0.1) is 5.69 Å². The summed E-state index contributed by atoms with van der Waals surface area (Å²) in [5, 5.41) is 1.91. The van der Waals surface area contributed by atoms with E-state index in [4.69, 9.17) is 0 Å². The first-order valence-corrected chi connectivity index (χ1v) is 8.99. The summed E-state index contributed by atoms with van der Waals surface area (Å²) in [5.74, 6) is 0.0681. The fourth-order valence-electron chi connectivity index (χ4n) is 3.26. The zero-order valence-electron chi connectivity index (χ0n) is 13.8. The molecule has 4 rings (SSSR count). The van der Waals surface area contributed by atoms with E-state index in [1.807, 2.05) is 58.3 Å². The van der Waals surface area contributed by atoms with E-state index in [1.54, 1.807) is 0 Å². The van der Waals surface area contributed by atoms with Gasteiger partial charge in [0.1, 0.15) is 5.69 Å². The molecule has 0 bridgehead atoms. The quantitative estimate of drug-likeness (QED) is 0.736. The molecule has 1 aliphatic rings. The van der Waals surface area contributed by atoms with Gasteiger partial charge in [-0.05, 0) is 20.0 Å². The van der Waals surface area contributed by atoms with Crippen molar-refractivity contribution in [3.63, 3.8) is 0 Å². The number of carbonyl (C=O) groups excluding carboxylic acids is 1. The Morgan fingerprint density at radius 1 is 1.33 bits per heavy atom. The highest BCUT2D eigenvalue weighted by molar-refractivity contribution is 7.15. The summed E-state index contributed by atoms with van der Waals surface area (Å²) >= 11 is 1.51. The van der Waals surface area contributed by atoms with E-state index in [9.17, 15) is 4.79 Å². The summed E-state index contributed by atoms with van der Waals surface area (Å²) in [4.78, 5) is 22.6. The van der Waals surface area contributed by atoms with Crippen LogP contribution in [0, 0.1) is 0 Å². The molecule has 2 aromatic heterocycles. The number of aromatic nitrogens is 2. The molecule has 124 valence electrons. The summed E-state index contributed by atoms with van der Waals surface area (Å²) in [7, 11) is 4.01. The predicted octanol–water partition coefficient (Wildman–Crippen LogP) is 2.84. The lowest BCUT2D eigenvalue weighted by atomic mass is 10.2. The molecule has 3 heterocycles. The van der Waals surface area contributed by atoms with Crippen LogP contribution < -0.4 is 0 Å². The maximum absolute atomic E-state index is 12.9. The van der Waals surface area contributed by atoms with Crippen molar-refractivity contribution in [1.82, 2.24) is 19.2 Å². The Kier molecular flexibility index (Phi) is 3.86. The number of amides is 1. The van der Waals surface area contributed by atoms with Crippen LogP contribution in [0.2, 0.25) is 0 Å². The molecule has 5 nitrogen and oxygen atoms in total. The number of hydrogen-bond donors (Lipinski definition) is 0. The summed E-state index contributed by atoms with van der Waals surface area (Å²) in [6.07, 6.45) is 2.99. The lowest BCUT2D eigenvalue weighted by molar-refractivity contribution is 0.0731. The van der Waals surface area contributed by atoms with Gasteiger partial charge in [0, 0.05) is 36.8 Å². The van der Waals surface area contributed by atoms with Crippen LogP contribution in [0.4, 0.5) is 0 Å². The standard InChI is InChI=1S/C18H20N4OS/c1-20-9-8-14(10-20)21(2)17(23)16-12-24-18-19-15(11-22(16)18)13-6-4-3-5-7-13/h3-7,11-12,14H,8-10H2,1-2H3. The van der Waals surface area contributed by atoms with Gasteiger partial charge in [-0.25, -0.2) is 4.98 Å². The molecule has 1 fully saturated rings. The van der Waals surface area contributed by atoms with Crippen LogP contribution in [-0.4, -0.2) is 58.3 Å². The minimum atomic E-state index is 0.0681. The van der Waals surface area contributed by atoms with Crippen LogP contribution in [0.15, 0.2) is 41.9 Å². The van der Waals surface area contributed by atoms with Gasteiger partial charge in [0.2, 0.25) is 0 Å². The van der Waals surface area contributed by atoms with Crippen LogP contribution in [0.1, 0.15) is 16.9 Å². The molecule has 0 saturated carbocycles. The highest BCUT2D eigenvalue weighted by atomic mass is 32.1.